The van der Waals surface area contributed by atoms with Gasteiger partial charge in [0.25, 0.3) is 5.91 Å². The van der Waals surface area contributed by atoms with Gasteiger partial charge in [0, 0.05) is 34.5 Å². The Hall–Kier alpha value is -2.32. The van der Waals surface area contributed by atoms with Gasteiger partial charge in [-0.3, -0.25) is 14.4 Å². The smallest absolute Gasteiger partial charge is 0.316 e. The number of amides is 1. The molecule has 8 atom stereocenters. The lowest BCUT2D eigenvalue weighted by Gasteiger charge is -2.61. The van der Waals surface area contributed by atoms with Crippen LogP contribution in [0.25, 0.3) is 0 Å². The quantitative estimate of drug-likeness (QED) is 0.272. The van der Waals surface area contributed by atoms with Crippen molar-refractivity contribution in [2.75, 3.05) is 19.4 Å². The molecule has 1 aromatic rings. The third kappa shape index (κ3) is 5.66. The zero-order chi connectivity index (χ0) is 31.1. The first-order valence-electron chi connectivity index (χ1n) is 15.2. The summed E-state index contributed by atoms with van der Waals surface area (Å²) in [5.41, 5.74) is -1.05. The number of hydrogen-bond donors (Lipinski definition) is 2. The highest BCUT2D eigenvalue weighted by molar-refractivity contribution is 8.01. The number of ether oxygens (including phenoxy) is 2. The molecule has 0 saturated heterocycles. The number of Topliss-reactive ketones (excluding diaryl/α,β-unsaturated/α-hetero) is 1. The Bertz CT molecular complexity index is 1220. The van der Waals surface area contributed by atoms with Crippen molar-refractivity contribution in [3.8, 4) is 5.75 Å². The van der Waals surface area contributed by atoms with Crippen molar-refractivity contribution in [1.82, 2.24) is 5.32 Å². The maximum atomic E-state index is 13.6. The number of carbonyl (C=O) groups is 3. The lowest BCUT2D eigenvalue weighted by Crippen LogP contribution is -2.63. The van der Waals surface area contributed by atoms with Crippen molar-refractivity contribution in [3.05, 3.63) is 42.5 Å². The second-order valence-corrected chi connectivity index (χ2v) is 15.7. The minimum absolute atomic E-state index is 0.0668. The van der Waals surface area contributed by atoms with Gasteiger partial charge in [0.1, 0.15) is 17.6 Å². The minimum atomic E-state index is -0.692. The van der Waals surface area contributed by atoms with E-state index in [0.717, 1.165) is 19.3 Å². The average Bonchev–Trinajstić information content (AvgIpc) is 3.33. The topological polar surface area (TPSA) is 102 Å². The van der Waals surface area contributed by atoms with Gasteiger partial charge in [-0.05, 0) is 68.9 Å². The molecule has 1 aromatic carbocycles. The fraction of sp³-hybridized carbons (Fsp3) is 0.676. The second kappa shape index (κ2) is 12.0. The van der Waals surface area contributed by atoms with Crippen LogP contribution in [-0.2, 0) is 14.3 Å². The largest absolute Gasteiger partial charge is 0.496 e. The molecule has 3 aliphatic rings. The molecule has 0 spiro atoms. The second-order valence-electron chi connectivity index (χ2n) is 14.0. The maximum Gasteiger partial charge on any atom is 0.316 e. The van der Waals surface area contributed by atoms with E-state index in [-0.39, 0.29) is 46.6 Å². The summed E-state index contributed by atoms with van der Waals surface area (Å²) in [4.78, 5) is 39.9. The van der Waals surface area contributed by atoms with Gasteiger partial charge in [0.05, 0.1) is 24.5 Å². The van der Waals surface area contributed by atoms with Gasteiger partial charge in [-0.25, -0.2) is 0 Å². The van der Waals surface area contributed by atoms with E-state index in [1.807, 2.05) is 32.9 Å². The summed E-state index contributed by atoms with van der Waals surface area (Å²) >= 11 is 1.42. The number of benzene rings is 1. The van der Waals surface area contributed by atoms with Crippen LogP contribution in [0, 0.1) is 34.0 Å². The van der Waals surface area contributed by atoms with E-state index in [0.29, 0.717) is 30.7 Å². The van der Waals surface area contributed by atoms with Gasteiger partial charge in [-0.15, -0.1) is 18.3 Å². The van der Waals surface area contributed by atoms with Crippen LogP contribution >= 0.6 is 11.8 Å². The number of aliphatic hydroxyl groups excluding tert-OH is 1. The summed E-state index contributed by atoms with van der Waals surface area (Å²) < 4.78 is 11.2. The van der Waals surface area contributed by atoms with Crippen LogP contribution in [0.15, 0.2) is 36.9 Å². The molecule has 0 unspecified atom stereocenters. The minimum Gasteiger partial charge on any atom is -0.496 e. The average molecular weight is 600 g/mol. The Morgan fingerprint density at radius 1 is 1.21 bits per heavy atom. The molecule has 3 saturated carbocycles. The first kappa shape index (κ1) is 32.6. The zero-order valence-corrected chi connectivity index (χ0v) is 27.1. The van der Waals surface area contributed by atoms with E-state index in [9.17, 15) is 19.5 Å². The number of methoxy groups -OCH3 is 1. The highest BCUT2D eigenvalue weighted by atomic mass is 32.2. The third-order valence-electron chi connectivity index (χ3n) is 11.2. The summed E-state index contributed by atoms with van der Waals surface area (Å²) in [7, 11) is 1.53. The van der Waals surface area contributed by atoms with Crippen molar-refractivity contribution < 1.29 is 29.0 Å². The summed E-state index contributed by atoms with van der Waals surface area (Å²) in [6.07, 6.45) is 4.12. The lowest BCUT2D eigenvalue weighted by atomic mass is 9.44. The molecular weight excluding hydrogens is 550 g/mol. The molecule has 1 amide bonds. The number of nitrogens with one attached hydrogen (secondary N) is 1. The highest BCUT2D eigenvalue weighted by Crippen LogP contribution is 2.68. The molecule has 2 N–H and O–H groups in total. The van der Waals surface area contributed by atoms with E-state index in [2.05, 4.69) is 32.7 Å². The molecule has 0 aliphatic heterocycles. The van der Waals surface area contributed by atoms with E-state index >= 15 is 0 Å². The molecule has 7 nitrogen and oxygen atoms in total. The number of hydrogen-bond acceptors (Lipinski definition) is 7. The van der Waals surface area contributed by atoms with E-state index < -0.39 is 27.8 Å². The maximum absolute atomic E-state index is 13.6. The Morgan fingerprint density at radius 3 is 2.57 bits per heavy atom. The zero-order valence-electron chi connectivity index (χ0n) is 26.3. The number of ketones is 1. The van der Waals surface area contributed by atoms with Crippen molar-refractivity contribution in [3.63, 3.8) is 0 Å². The summed E-state index contributed by atoms with van der Waals surface area (Å²) in [6.45, 7) is 16.8. The Morgan fingerprint density at radius 2 is 1.90 bits per heavy atom. The van der Waals surface area contributed by atoms with E-state index in [4.69, 9.17) is 9.47 Å². The van der Waals surface area contributed by atoms with Crippen LogP contribution in [-0.4, -0.2) is 59.1 Å². The van der Waals surface area contributed by atoms with Crippen LogP contribution in [0.2, 0.25) is 0 Å². The summed E-state index contributed by atoms with van der Waals surface area (Å²) in [6, 6.07) is 7.06. The van der Waals surface area contributed by atoms with Crippen molar-refractivity contribution in [1.29, 1.82) is 0 Å². The fourth-order valence-corrected chi connectivity index (χ4v) is 8.97. The molecular formula is C34H49NO6S. The molecule has 42 heavy (non-hydrogen) atoms. The first-order valence-corrected chi connectivity index (χ1v) is 16.2. The van der Waals surface area contributed by atoms with E-state index in [1.54, 1.807) is 18.2 Å². The van der Waals surface area contributed by atoms with Gasteiger partial charge in [0.15, 0.2) is 0 Å². The summed E-state index contributed by atoms with van der Waals surface area (Å²) in [5, 5.41) is 14.7. The van der Waals surface area contributed by atoms with Crippen LogP contribution < -0.4 is 10.1 Å². The van der Waals surface area contributed by atoms with Crippen molar-refractivity contribution in [2.24, 2.45) is 34.0 Å². The Kier molecular flexibility index (Phi) is 9.30. The lowest BCUT2D eigenvalue weighted by molar-refractivity contribution is -0.205. The SMILES string of the molecule is C=C[C@]1(C)C[C@@H](OC(=O)CSC(C)(C)CNC(=O)c2ccccc2OC)[C@]2(C)[C@H](C)CC[C@]3(CCC(=O)[C@H]32)[C@@H](C)[C@@H]1O. The molecule has 2 bridgehead atoms. The molecule has 3 aliphatic carbocycles. The van der Waals surface area contributed by atoms with Gasteiger partial charge in [-0.2, -0.15) is 0 Å². The molecule has 0 radical (unpaired) electrons. The first-order chi connectivity index (χ1) is 19.6. The van der Waals surface area contributed by atoms with Crippen LogP contribution in [0.3, 0.4) is 0 Å². The van der Waals surface area contributed by atoms with Crippen LogP contribution in [0.4, 0.5) is 0 Å². The van der Waals surface area contributed by atoms with Crippen molar-refractivity contribution >= 4 is 29.4 Å². The molecule has 3 fully saturated rings. The van der Waals surface area contributed by atoms with Crippen molar-refractivity contribution in [2.45, 2.75) is 90.6 Å². The number of aliphatic hydroxyl groups is 1. The van der Waals surface area contributed by atoms with E-state index in [1.165, 1.54) is 18.9 Å². The number of esters is 1. The molecule has 4 rings (SSSR count). The number of rotatable bonds is 9. The number of thioether (sulfide) groups is 1. The van der Waals surface area contributed by atoms with Gasteiger partial charge >= 0.3 is 5.97 Å². The number of carbonyl (C=O) groups excluding carboxylic acids is 3. The molecule has 8 heteroatoms. The highest BCUT2D eigenvalue weighted by Gasteiger charge is 2.68. The molecule has 0 heterocycles. The Balaban J connectivity index is 1.50. The summed E-state index contributed by atoms with van der Waals surface area (Å²) in [5.74, 6) is 0.130. The molecule has 0 aromatic heterocycles. The Labute approximate surface area is 255 Å². The number of para-hydroxylation sites is 1. The predicted octanol–water partition coefficient (Wildman–Crippen LogP) is 5.84. The predicted molar refractivity (Wildman–Crippen MR) is 167 cm³/mol. The standard InChI is InChI=1S/C34H49NO6S/c1-9-32(6)18-26(33(7)21(2)14-16-34(22(3)29(32)38)17-15-24(36)28(33)34)41-27(37)19-42-31(4,5)20-35-30(39)23-12-10-11-13-25(23)40-8/h9-13,21-22,26,28-29,38H,1,14-20H2,2-8H3,(H,35,39)/t21-,22+,26-,28+,29+,32-,33+,34+/m1/s1. The van der Waals surface area contributed by atoms with Gasteiger partial charge in [-0.1, -0.05) is 45.9 Å². The fourth-order valence-electron chi connectivity index (χ4n) is 8.22. The molecule has 232 valence electrons. The van der Waals surface area contributed by atoms with Gasteiger partial charge < -0.3 is 19.9 Å². The monoisotopic (exact) mass is 599 g/mol. The van der Waals surface area contributed by atoms with Crippen LogP contribution in [0.1, 0.15) is 84.0 Å². The van der Waals surface area contributed by atoms with Gasteiger partial charge in [0.2, 0.25) is 0 Å². The normalized spacial score (nSPS) is 36.3. The third-order valence-corrected chi connectivity index (χ3v) is 12.5. The van der Waals surface area contributed by atoms with Crippen LogP contribution in [0.5, 0.6) is 5.75 Å².